The van der Waals surface area contributed by atoms with Crippen molar-refractivity contribution >= 4 is 0 Å². The maximum Gasteiger partial charge on any atom is 0.118 e. The van der Waals surface area contributed by atoms with E-state index in [2.05, 4.69) is 17.0 Å². The van der Waals surface area contributed by atoms with E-state index in [0.29, 0.717) is 5.92 Å². The molecule has 1 aliphatic rings. The van der Waals surface area contributed by atoms with Gasteiger partial charge in [-0.2, -0.15) is 0 Å². The molecular formula is C16H26N2O2. The summed E-state index contributed by atoms with van der Waals surface area (Å²) in [6.45, 7) is 4.00. The first kappa shape index (κ1) is 15.3. The van der Waals surface area contributed by atoms with Crippen LogP contribution in [0.3, 0.4) is 0 Å². The maximum atomic E-state index is 6.32. The van der Waals surface area contributed by atoms with E-state index < -0.39 is 0 Å². The molecule has 2 atom stereocenters. The zero-order valence-corrected chi connectivity index (χ0v) is 12.5. The lowest BCUT2D eigenvalue weighted by molar-refractivity contribution is 0.0878. The molecule has 0 saturated carbocycles. The minimum atomic E-state index is 0.0576. The van der Waals surface area contributed by atoms with Gasteiger partial charge < -0.3 is 20.1 Å². The van der Waals surface area contributed by atoms with E-state index in [0.717, 1.165) is 32.0 Å². The second-order valence-corrected chi connectivity index (χ2v) is 5.60. The summed E-state index contributed by atoms with van der Waals surface area (Å²) in [7, 11) is 3.46. The third-order valence-corrected chi connectivity index (χ3v) is 4.00. The van der Waals surface area contributed by atoms with Crippen LogP contribution < -0.4 is 10.5 Å². The number of piperidine rings is 1. The highest BCUT2D eigenvalue weighted by Crippen LogP contribution is 2.21. The molecule has 1 aromatic carbocycles. The smallest absolute Gasteiger partial charge is 0.118 e. The van der Waals surface area contributed by atoms with Crippen LogP contribution in [0.4, 0.5) is 0 Å². The van der Waals surface area contributed by atoms with E-state index in [1.54, 1.807) is 14.2 Å². The molecule has 2 N–H and O–H groups in total. The van der Waals surface area contributed by atoms with E-state index in [4.69, 9.17) is 15.2 Å². The lowest BCUT2D eigenvalue weighted by atomic mass is 9.97. The number of hydrogen-bond acceptors (Lipinski definition) is 4. The van der Waals surface area contributed by atoms with Crippen LogP contribution in [-0.2, 0) is 4.74 Å². The Hall–Kier alpha value is -1.10. The largest absolute Gasteiger partial charge is 0.497 e. The van der Waals surface area contributed by atoms with Crippen LogP contribution in [0.2, 0.25) is 0 Å². The van der Waals surface area contributed by atoms with E-state index >= 15 is 0 Å². The average Bonchev–Trinajstić information content (AvgIpc) is 2.48. The van der Waals surface area contributed by atoms with Gasteiger partial charge in [-0.25, -0.2) is 0 Å². The summed E-state index contributed by atoms with van der Waals surface area (Å²) in [5, 5.41) is 0. The second-order valence-electron chi connectivity index (χ2n) is 5.60. The van der Waals surface area contributed by atoms with Gasteiger partial charge in [0.1, 0.15) is 5.75 Å². The fraction of sp³-hybridized carbons (Fsp3) is 0.625. The summed E-state index contributed by atoms with van der Waals surface area (Å²) in [6.07, 6.45) is 2.51. The average molecular weight is 278 g/mol. The molecule has 2 rings (SSSR count). The first-order valence-corrected chi connectivity index (χ1v) is 7.33. The van der Waals surface area contributed by atoms with Gasteiger partial charge in [-0.05, 0) is 43.0 Å². The predicted octanol–water partition coefficient (Wildman–Crippen LogP) is 2.05. The number of methoxy groups -OCH3 is 2. The molecule has 1 heterocycles. The van der Waals surface area contributed by atoms with E-state index in [9.17, 15) is 0 Å². The fourth-order valence-corrected chi connectivity index (χ4v) is 2.92. The molecule has 0 amide bonds. The Morgan fingerprint density at radius 3 is 2.70 bits per heavy atom. The Balaban J connectivity index is 1.87. The minimum absolute atomic E-state index is 0.0576. The third-order valence-electron chi connectivity index (χ3n) is 4.00. The molecule has 0 spiro atoms. The van der Waals surface area contributed by atoms with Crippen molar-refractivity contribution in [3.63, 3.8) is 0 Å². The molecule has 2 unspecified atom stereocenters. The highest BCUT2D eigenvalue weighted by Gasteiger charge is 2.21. The minimum Gasteiger partial charge on any atom is -0.497 e. The van der Waals surface area contributed by atoms with Gasteiger partial charge in [0.2, 0.25) is 0 Å². The summed E-state index contributed by atoms with van der Waals surface area (Å²) in [4.78, 5) is 2.46. The molecule has 4 heteroatoms. The number of nitrogens with zero attached hydrogens (tertiary/aromatic N) is 1. The molecule has 0 aromatic heterocycles. The first-order chi connectivity index (χ1) is 9.72. The summed E-state index contributed by atoms with van der Waals surface area (Å²) in [6, 6.07) is 8.11. The summed E-state index contributed by atoms with van der Waals surface area (Å²) >= 11 is 0. The van der Waals surface area contributed by atoms with Crippen molar-refractivity contribution in [1.29, 1.82) is 0 Å². The quantitative estimate of drug-likeness (QED) is 0.865. The van der Waals surface area contributed by atoms with Crippen molar-refractivity contribution in [3.05, 3.63) is 29.8 Å². The predicted molar refractivity (Wildman–Crippen MR) is 81.0 cm³/mol. The molecule has 4 nitrogen and oxygen atoms in total. The highest BCUT2D eigenvalue weighted by atomic mass is 16.5. The van der Waals surface area contributed by atoms with Crippen LogP contribution in [0.15, 0.2) is 24.3 Å². The van der Waals surface area contributed by atoms with Crippen molar-refractivity contribution in [2.75, 3.05) is 40.5 Å². The molecule has 1 aromatic rings. The fourth-order valence-electron chi connectivity index (χ4n) is 2.92. The van der Waals surface area contributed by atoms with Crippen molar-refractivity contribution < 1.29 is 9.47 Å². The van der Waals surface area contributed by atoms with E-state index in [1.165, 1.54) is 18.4 Å². The van der Waals surface area contributed by atoms with Crippen LogP contribution in [0.5, 0.6) is 5.75 Å². The number of likely N-dealkylation sites (tertiary alicyclic amines) is 1. The van der Waals surface area contributed by atoms with Crippen molar-refractivity contribution in [1.82, 2.24) is 4.90 Å². The molecule has 1 saturated heterocycles. The molecule has 1 aliphatic heterocycles. The third kappa shape index (κ3) is 4.20. The van der Waals surface area contributed by atoms with Crippen molar-refractivity contribution in [2.45, 2.75) is 18.9 Å². The van der Waals surface area contributed by atoms with Gasteiger partial charge in [0, 0.05) is 26.2 Å². The summed E-state index contributed by atoms with van der Waals surface area (Å²) in [5.41, 5.74) is 7.49. The van der Waals surface area contributed by atoms with E-state index in [1.807, 2.05) is 12.1 Å². The molecule has 20 heavy (non-hydrogen) atoms. The van der Waals surface area contributed by atoms with Crippen LogP contribution >= 0.6 is 0 Å². The molecule has 0 bridgehead atoms. The molecule has 0 radical (unpaired) electrons. The lowest BCUT2D eigenvalue weighted by Crippen LogP contribution is -2.40. The summed E-state index contributed by atoms with van der Waals surface area (Å²) in [5.74, 6) is 1.52. The Morgan fingerprint density at radius 1 is 1.30 bits per heavy atom. The SMILES string of the molecule is COCC1CCCN(CC(N)c2ccc(OC)cc2)C1. The Kier molecular flexibility index (Phi) is 5.83. The maximum absolute atomic E-state index is 6.32. The monoisotopic (exact) mass is 278 g/mol. The molecule has 112 valence electrons. The molecule has 1 fully saturated rings. The molecule has 0 aliphatic carbocycles. The van der Waals surface area contributed by atoms with E-state index in [-0.39, 0.29) is 6.04 Å². The topological polar surface area (TPSA) is 47.7 Å². The van der Waals surface area contributed by atoms with Crippen LogP contribution in [0, 0.1) is 5.92 Å². The van der Waals surface area contributed by atoms with Gasteiger partial charge in [0.15, 0.2) is 0 Å². The Bertz CT molecular complexity index is 392. The van der Waals surface area contributed by atoms with Gasteiger partial charge in [0.05, 0.1) is 13.7 Å². The Morgan fingerprint density at radius 2 is 2.05 bits per heavy atom. The highest BCUT2D eigenvalue weighted by molar-refractivity contribution is 5.29. The van der Waals surface area contributed by atoms with Crippen molar-refractivity contribution in [3.8, 4) is 5.75 Å². The van der Waals surface area contributed by atoms with Crippen LogP contribution in [-0.4, -0.2) is 45.4 Å². The standard InChI is InChI=1S/C16H26N2O2/c1-19-12-13-4-3-9-18(10-13)11-16(17)14-5-7-15(20-2)8-6-14/h5-8,13,16H,3-4,9-12,17H2,1-2H3. The number of rotatable bonds is 6. The van der Waals surface area contributed by atoms with Crippen LogP contribution in [0.25, 0.3) is 0 Å². The normalized spacial score (nSPS) is 21.6. The van der Waals surface area contributed by atoms with Gasteiger partial charge in [-0.15, -0.1) is 0 Å². The van der Waals surface area contributed by atoms with Gasteiger partial charge in [0.25, 0.3) is 0 Å². The second kappa shape index (κ2) is 7.62. The Labute approximate surface area is 121 Å². The number of ether oxygens (including phenoxy) is 2. The van der Waals surface area contributed by atoms with Gasteiger partial charge in [-0.1, -0.05) is 12.1 Å². The zero-order valence-electron chi connectivity index (χ0n) is 12.5. The number of nitrogens with two attached hydrogens (primary N) is 1. The van der Waals surface area contributed by atoms with Gasteiger partial charge in [-0.3, -0.25) is 0 Å². The van der Waals surface area contributed by atoms with Crippen molar-refractivity contribution in [2.24, 2.45) is 11.7 Å². The lowest BCUT2D eigenvalue weighted by Gasteiger charge is -2.34. The first-order valence-electron chi connectivity index (χ1n) is 7.33. The summed E-state index contributed by atoms with van der Waals surface area (Å²) < 4.78 is 10.4. The van der Waals surface area contributed by atoms with Gasteiger partial charge >= 0.3 is 0 Å². The molecular weight excluding hydrogens is 252 g/mol. The number of hydrogen-bond donors (Lipinski definition) is 1. The zero-order chi connectivity index (χ0) is 14.4. The number of benzene rings is 1. The van der Waals surface area contributed by atoms with Crippen LogP contribution in [0.1, 0.15) is 24.4 Å².